The Morgan fingerprint density at radius 1 is 0.839 bits per heavy atom. The van der Waals surface area contributed by atoms with Crippen LogP contribution in [-0.4, -0.2) is 89.4 Å². The maximum absolute atomic E-state index is 13.4. The van der Waals surface area contributed by atoms with Crippen molar-refractivity contribution in [1.29, 1.82) is 0 Å². The molecule has 9 heteroatoms. The minimum Gasteiger partial charge on any atom is -0.507 e. The largest absolute Gasteiger partial charge is 0.507 e. The molecule has 0 aliphatic heterocycles. The number of rotatable bonds is 11. The van der Waals surface area contributed by atoms with Crippen molar-refractivity contribution in [2.24, 2.45) is 0 Å². The van der Waals surface area contributed by atoms with Gasteiger partial charge in [0.15, 0.2) is 11.6 Å². The Morgan fingerprint density at radius 2 is 1.45 bits per heavy atom. The van der Waals surface area contributed by atoms with E-state index in [1.165, 1.54) is 24.3 Å². The molecular weight excluding hydrogens is 402 g/mol. The van der Waals surface area contributed by atoms with Crippen molar-refractivity contribution in [3.8, 4) is 11.5 Å². The summed E-state index contributed by atoms with van der Waals surface area (Å²) in [6.07, 6.45) is 4.42. The molecule has 0 amide bonds. The number of carbonyl (C=O) groups excluding carboxylic acids is 2. The van der Waals surface area contributed by atoms with E-state index in [9.17, 15) is 19.8 Å². The number of benzene rings is 1. The smallest absolute Gasteiger partial charge is 0.200 e. The third kappa shape index (κ3) is 4.86. The minimum atomic E-state index is -0.523. The van der Waals surface area contributed by atoms with Crippen LogP contribution in [0.15, 0.2) is 41.1 Å². The van der Waals surface area contributed by atoms with Gasteiger partial charge in [-0.2, -0.15) is 0 Å². The summed E-state index contributed by atoms with van der Waals surface area (Å²) >= 11 is 0. The summed E-state index contributed by atoms with van der Waals surface area (Å²) in [6.45, 7) is 2.94. The van der Waals surface area contributed by atoms with E-state index >= 15 is 0 Å². The first kappa shape index (κ1) is 22.7. The van der Waals surface area contributed by atoms with E-state index < -0.39 is 5.78 Å². The number of phenolic OH excluding ortho intramolecular Hbond substituents is 2. The molecule has 0 saturated heterocycles. The highest BCUT2D eigenvalue weighted by Gasteiger charge is 2.35. The topological polar surface area (TPSA) is 142 Å². The van der Waals surface area contributed by atoms with E-state index in [4.69, 9.17) is 10.2 Å². The quantitative estimate of drug-likeness (QED) is 0.203. The third-order valence-corrected chi connectivity index (χ3v) is 5.16. The molecule has 0 atom stereocenters. The molecule has 0 radical (unpaired) electrons. The number of hydrogen-bond acceptors (Lipinski definition) is 9. The number of nitrogens with zero attached hydrogens (tertiary/aromatic N) is 1. The average Bonchev–Trinajstić information content (AvgIpc) is 2.76. The standard InChI is InChI=1S/C22H27N3O6/c26-11-7-23-5-9-25(10-6-24-8-12-27)16-1-2-17(28)14-13-15-18(29)3-4-19(30)21(15)22(31)20(14)16/h1-4,13,23-24,26-27,29-30H,5-12H2. The molecule has 6 N–H and O–H groups in total. The molecule has 2 aliphatic rings. The van der Waals surface area contributed by atoms with Gasteiger partial charge < -0.3 is 36.0 Å². The molecule has 1 aromatic carbocycles. The number of ketones is 2. The van der Waals surface area contributed by atoms with Gasteiger partial charge >= 0.3 is 0 Å². The van der Waals surface area contributed by atoms with Crippen molar-refractivity contribution in [1.82, 2.24) is 15.5 Å². The van der Waals surface area contributed by atoms with Crippen molar-refractivity contribution >= 4 is 17.6 Å². The number of aliphatic hydroxyl groups excluding tert-OH is 2. The normalized spacial score (nSPS) is 15.1. The predicted molar refractivity (Wildman–Crippen MR) is 115 cm³/mol. The number of carbonyl (C=O) groups is 2. The molecule has 9 nitrogen and oxygen atoms in total. The van der Waals surface area contributed by atoms with Crippen LogP contribution in [0.4, 0.5) is 0 Å². The molecule has 3 rings (SSSR count). The Hall–Kier alpha value is -2.98. The summed E-state index contributed by atoms with van der Waals surface area (Å²) < 4.78 is 0. The van der Waals surface area contributed by atoms with Crippen LogP contribution in [0.3, 0.4) is 0 Å². The number of nitrogens with one attached hydrogen (secondary N) is 2. The SMILES string of the molecule is O=C1C=CC(N(CCNCCO)CCNCCO)=C2C(=O)c3c(O)ccc(O)c3C=C12. The fraction of sp³-hybridized carbons (Fsp3) is 0.364. The fourth-order valence-electron chi connectivity index (χ4n) is 3.67. The molecule has 0 spiro atoms. The number of allylic oxidation sites excluding steroid dienone is 4. The van der Waals surface area contributed by atoms with E-state index in [1.807, 2.05) is 4.90 Å². The summed E-state index contributed by atoms with van der Waals surface area (Å²) in [5.41, 5.74) is 1.00. The molecule has 0 bridgehead atoms. The summed E-state index contributed by atoms with van der Waals surface area (Å²) in [4.78, 5) is 27.9. The lowest BCUT2D eigenvalue weighted by Gasteiger charge is -2.32. The van der Waals surface area contributed by atoms with Gasteiger partial charge in [0, 0.05) is 56.1 Å². The van der Waals surface area contributed by atoms with Gasteiger partial charge in [-0.3, -0.25) is 9.59 Å². The Balaban J connectivity index is 2.00. The Morgan fingerprint density at radius 3 is 2.06 bits per heavy atom. The third-order valence-electron chi connectivity index (χ3n) is 5.16. The number of phenols is 2. The van der Waals surface area contributed by atoms with E-state index in [0.29, 0.717) is 45.0 Å². The van der Waals surface area contributed by atoms with Gasteiger partial charge in [-0.05, 0) is 30.4 Å². The molecule has 0 unspecified atom stereocenters. The average molecular weight is 429 g/mol. The molecule has 0 heterocycles. The lowest BCUT2D eigenvalue weighted by Crippen LogP contribution is -2.39. The van der Waals surface area contributed by atoms with Crippen LogP contribution >= 0.6 is 0 Å². The zero-order valence-electron chi connectivity index (χ0n) is 17.1. The molecule has 31 heavy (non-hydrogen) atoms. The van der Waals surface area contributed by atoms with Gasteiger partial charge in [0.25, 0.3) is 0 Å². The lowest BCUT2D eigenvalue weighted by molar-refractivity contribution is -0.111. The Kier molecular flexibility index (Phi) is 7.59. The van der Waals surface area contributed by atoms with E-state index in [1.54, 1.807) is 6.08 Å². The minimum absolute atomic E-state index is 0.00529. The van der Waals surface area contributed by atoms with Crippen LogP contribution in [0.5, 0.6) is 11.5 Å². The van der Waals surface area contributed by atoms with E-state index in [-0.39, 0.29) is 52.8 Å². The first-order valence-corrected chi connectivity index (χ1v) is 10.2. The number of fused-ring (bicyclic) bond motifs is 2. The van der Waals surface area contributed by atoms with E-state index in [0.717, 1.165) is 0 Å². The van der Waals surface area contributed by atoms with Gasteiger partial charge in [0.2, 0.25) is 0 Å². The number of hydrogen-bond donors (Lipinski definition) is 6. The molecule has 2 aliphatic carbocycles. The Labute approximate surface area is 180 Å². The van der Waals surface area contributed by atoms with Crippen LogP contribution in [0.25, 0.3) is 6.08 Å². The molecule has 166 valence electrons. The lowest BCUT2D eigenvalue weighted by atomic mass is 9.80. The maximum Gasteiger partial charge on any atom is 0.200 e. The molecule has 0 aromatic heterocycles. The maximum atomic E-state index is 13.4. The van der Waals surface area contributed by atoms with Crippen LogP contribution < -0.4 is 10.6 Å². The van der Waals surface area contributed by atoms with Gasteiger partial charge in [0.1, 0.15) is 11.5 Å². The van der Waals surface area contributed by atoms with Crippen LogP contribution in [-0.2, 0) is 4.79 Å². The molecule has 0 fully saturated rings. The van der Waals surface area contributed by atoms with Crippen LogP contribution in [0.1, 0.15) is 15.9 Å². The highest BCUT2D eigenvalue weighted by molar-refractivity contribution is 6.29. The summed E-state index contributed by atoms with van der Waals surface area (Å²) in [5.74, 6) is -1.32. The van der Waals surface area contributed by atoms with Gasteiger partial charge in [-0.1, -0.05) is 0 Å². The second kappa shape index (κ2) is 10.4. The highest BCUT2D eigenvalue weighted by atomic mass is 16.3. The van der Waals surface area contributed by atoms with Crippen molar-refractivity contribution in [3.63, 3.8) is 0 Å². The van der Waals surface area contributed by atoms with Crippen molar-refractivity contribution in [3.05, 3.63) is 52.3 Å². The van der Waals surface area contributed by atoms with Crippen LogP contribution in [0, 0.1) is 0 Å². The van der Waals surface area contributed by atoms with Gasteiger partial charge in [-0.15, -0.1) is 0 Å². The first-order chi connectivity index (χ1) is 15.0. The fourth-order valence-corrected chi connectivity index (χ4v) is 3.67. The van der Waals surface area contributed by atoms with E-state index in [2.05, 4.69) is 10.6 Å². The van der Waals surface area contributed by atoms with Gasteiger partial charge in [-0.25, -0.2) is 0 Å². The number of Topliss-reactive ketones (excluding diaryl/α,β-unsaturated/α-hetero) is 1. The molecular formula is C22H27N3O6. The summed E-state index contributed by atoms with van der Waals surface area (Å²) in [7, 11) is 0. The number of aromatic hydroxyl groups is 2. The van der Waals surface area contributed by atoms with Crippen molar-refractivity contribution in [2.75, 3.05) is 52.5 Å². The van der Waals surface area contributed by atoms with Crippen molar-refractivity contribution in [2.45, 2.75) is 0 Å². The highest BCUT2D eigenvalue weighted by Crippen LogP contribution is 2.41. The monoisotopic (exact) mass is 429 g/mol. The molecule has 1 aromatic rings. The predicted octanol–water partition coefficient (Wildman–Crippen LogP) is -0.464. The summed E-state index contributed by atoms with van der Waals surface area (Å²) in [5, 5.41) is 44.6. The first-order valence-electron chi connectivity index (χ1n) is 10.2. The van der Waals surface area contributed by atoms with Gasteiger partial charge in [0.05, 0.1) is 24.4 Å². The Bertz CT molecular complexity index is 939. The second-order valence-corrected chi connectivity index (χ2v) is 7.17. The summed E-state index contributed by atoms with van der Waals surface area (Å²) in [6, 6.07) is 2.53. The number of aliphatic hydroxyl groups is 2. The zero-order chi connectivity index (χ0) is 22.4. The second-order valence-electron chi connectivity index (χ2n) is 7.17. The van der Waals surface area contributed by atoms with Crippen molar-refractivity contribution < 1.29 is 30.0 Å². The zero-order valence-corrected chi connectivity index (χ0v) is 17.1. The van der Waals surface area contributed by atoms with Crippen LogP contribution in [0.2, 0.25) is 0 Å². The molecule has 0 saturated carbocycles.